The second kappa shape index (κ2) is 8.97. The highest BCUT2D eigenvalue weighted by Crippen LogP contribution is 2.27. The maximum Gasteiger partial charge on any atom is 0.139 e. The van der Waals surface area contributed by atoms with Gasteiger partial charge in [0.05, 0.1) is 11.1 Å². The second-order valence-electron chi connectivity index (χ2n) is 6.19. The molecule has 0 saturated carbocycles. The van der Waals surface area contributed by atoms with E-state index in [1.54, 1.807) is 18.2 Å². The van der Waals surface area contributed by atoms with Crippen molar-refractivity contribution in [1.29, 1.82) is 0 Å². The van der Waals surface area contributed by atoms with Gasteiger partial charge in [-0.15, -0.1) is 0 Å². The van der Waals surface area contributed by atoms with Crippen LogP contribution in [-0.4, -0.2) is 43.9 Å². The van der Waals surface area contributed by atoms with E-state index in [1.165, 1.54) is 0 Å². The van der Waals surface area contributed by atoms with Crippen LogP contribution >= 0.6 is 23.2 Å². The first kappa shape index (κ1) is 17.9. The Balaban J connectivity index is 1.65. The molecule has 1 aromatic rings. The Morgan fingerprint density at radius 2 is 1.95 bits per heavy atom. The fourth-order valence-electron chi connectivity index (χ4n) is 2.50. The number of benzene rings is 1. The minimum atomic E-state index is 0.418. The third-order valence-corrected chi connectivity index (χ3v) is 4.31. The first-order valence-corrected chi connectivity index (χ1v) is 8.72. The van der Waals surface area contributed by atoms with Gasteiger partial charge in [-0.25, -0.2) is 0 Å². The average Bonchev–Trinajstić information content (AvgIpc) is 2.50. The molecule has 3 nitrogen and oxygen atoms in total. The van der Waals surface area contributed by atoms with Crippen molar-refractivity contribution in [1.82, 2.24) is 4.90 Å². The summed E-state index contributed by atoms with van der Waals surface area (Å²) in [4.78, 5) is 2.41. The molecule has 1 aromatic carbocycles. The van der Waals surface area contributed by atoms with Crippen LogP contribution in [0.5, 0.6) is 5.75 Å². The van der Waals surface area contributed by atoms with Gasteiger partial charge in [-0.2, -0.15) is 0 Å². The molecule has 0 aromatic heterocycles. The van der Waals surface area contributed by atoms with Crippen molar-refractivity contribution < 1.29 is 9.47 Å². The Labute approximate surface area is 143 Å². The maximum absolute atomic E-state index is 6.08. The molecule has 124 valence electrons. The van der Waals surface area contributed by atoms with Crippen molar-refractivity contribution in [3.8, 4) is 5.75 Å². The van der Waals surface area contributed by atoms with E-state index >= 15 is 0 Å². The lowest BCUT2D eigenvalue weighted by molar-refractivity contribution is -0.00611. The molecule has 0 amide bonds. The highest BCUT2D eigenvalue weighted by Gasteiger charge is 2.19. The molecule has 1 saturated heterocycles. The Bertz CT molecular complexity index is 460. The third-order valence-electron chi connectivity index (χ3n) is 3.76. The quantitative estimate of drug-likeness (QED) is 0.725. The Morgan fingerprint density at radius 1 is 1.23 bits per heavy atom. The van der Waals surface area contributed by atoms with E-state index in [1.807, 2.05) is 0 Å². The predicted octanol–water partition coefficient (Wildman–Crippen LogP) is 4.51. The molecule has 5 heteroatoms. The van der Waals surface area contributed by atoms with Crippen molar-refractivity contribution >= 4 is 23.2 Å². The van der Waals surface area contributed by atoms with Crippen LogP contribution in [0.4, 0.5) is 0 Å². The van der Waals surface area contributed by atoms with Gasteiger partial charge < -0.3 is 9.47 Å². The standard InChI is InChI=1S/C17H25Cl2NO2/c1-13(2)12-22-15-5-7-20(8-6-15)9-10-21-17-11-14(18)3-4-16(17)19/h3-4,11,13,15H,5-10,12H2,1-2H3. The molecule has 0 aliphatic carbocycles. The van der Waals surface area contributed by atoms with Gasteiger partial charge in [0.2, 0.25) is 0 Å². The number of hydrogen-bond acceptors (Lipinski definition) is 3. The van der Waals surface area contributed by atoms with Crippen molar-refractivity contribution in [2.45, 2.75) is 32.8 Å². The van der Waals surface area contributed by atoms with Gasteiger partial charge in [0.25, 0.3) is 0 Å². The van der Waals surface area contributed by atoms with Crippen molar-refractivity contribution in [2.24, 2.45) is 5.92 Å². The number of nitrogens with zero attached hydrogens (tertiary/aromatic N) is 1. The summed E-state index contributed by atoms with van der Waals surface area (Å²) in [5.74, 6) is 1.26. The van der Waals surface area contributed by atoms with Crippen LogP contribution in [0.2, 0.25) is 10.0 Å². The van der Waals surface area contributed by atoms with Crippen molar-refractivity contribution in [3.63, 3.8) is 0 Å². The predicted molar refractivity (Wildman–Crippen MR) is 92.2 cm³/mol. The van der Waals surface area contributed by atoms with Crippen LogP contribution in [0, 0.1) is 5.92 Å². The topological polar surface area (TPSA) is 21.7 Å². The molecule has 1 fully saturated rings. The molecule has 1 aliphatic heterocycles. The zero-order valence-electron chi connectivity index (χ0n) is 13.4. The number of likely N-dealkylation sites (tertiary alicyclic amines) is 1. The third kappa shape index (κ3) is 5.96. The molecule has 2 rings (SSSR count). The van der Waals surface area contributed by atoms with E-state index in [4.69, 9.17) is 32.7 Å². The summed E-state index contributed by atoms with van der Waals surface area (Å²) in [6.45, 7) is 8.89. The van der Waals surface area contributed by atoms with E-state index in [0.29, 0.717) is 34.4 Å². The SMILES string of the molecule is CC(C)COC1CCN(CCOc2cc(Cl)ccc2Cl)CC1. The van der Waals surface area contributed by atoms with Gasteiger partial charge in [-0.05, 0) is 30.9 Å². The van der Waals surface area contributed by atoms with Crippen LogP contribution in [0.15, 0.2) is 18.2 Å². The summed E-state index contributed by atoms with van der Waals surface area (Å²) in [6, 6.07) is 5.28. The number of hydrogen-bond donors (Lipinski definition) is 0. The average molecular weight is 346 g/mol. The summed E-state index contributed by atoms with van der Waals surface area (Å²) in [5.41, 5.74) is 0. The van der Waals surface area contributed by atoms with Crippen LogP contribution in [0.25, 0.3) is 0 Å². The Morgan fingerprint density at radius 3 is 2.64 bits per heavy atom. The number of halogens is 2. The molecular weight excluding hydrogens is 321 g/mol. The molecule has 0 atom stereocenters. The molecule has 0 spiro atoms. The second-order valence-corrected chi connectivity index (χ2v) is 7.04. The first-order valence-electron chi connectivity index (χ1n) is 7.96. The number of piperidine rings is 1. The monoisotopic (exact) mass is 345 g/mol. The van der Waals surface area contributed by atoms with Gasteiger partial charge in [0, 0.05) is 37.3 Å². The highest BCUT2D eigenvalue weighted by atomic mass is 35.5. The minimum Gasteiger partial charge on any atom is -0.491 e. The van der Waals surface area contributed by atoms with Gasteiger partial charge in [-0.1, -0.05) is 37.0 Å². The van der Waals surface area contributed by atoms with Gasteiger partial charge >= 0.3 is 0 Å². The molecule has 1 aliphatic rings. The van der Waals surface area contributed by atoms with E-state index < -0.39 is 0 Å². The molecule has 1 heterocycles. The summed E-state index contributed by atoms with van der Waals surface area (Å²) >= 11 is 12.0. The van der Waals surface area contributed by atoms with E-state index in [0.717, 1.165) is 39.1 Å². The lowest BCUT2D eigenvalue weighted by Gasteiger charge is -2.32. The van der Waals surface area contributed by atoms with E-state index in [2.05, 4.69) is 18.7 Å². The largest absolute Gasteiger partial charge is 0.491 e. The van der Waals surface area contributed by atoms with Crippen molar-refractivity contribution in [3.05, 3.63) is 28.2 Å². The Kier molecular flexibility index (Phi) is 7.29. The Hall–Kier alpha value is -0.480. The van der Waals surface area contributed by atoms with Crippen LogP contribution in [-0.2, 0) is 4.74 Å². The normalized spacial score (nSPS) is 17.1. The smallest absolute Gasteiger partial charge is 0.139 e. The van der Waals surface area contributed by atoms with Crippen molar-refractivity contribution in [2.75, 3.05) is 32.8 Å². The summed E-state index contributed by atoms with van der Waals surface area (Å²) in [5, 5.41) is 1.24. The number of ether oxygens (including phenoxy) is 2. The van der Waals surface area contributed by atoms with Crippen LogP contribution in [0.1, 0.15) is 26.7 Å². The van der Waals surface area contributed by atoms with E-state index in [9.17, 15) is 0 Å². The zero-order chi connectivity index (χ0) is 15.9. The van der Waals surface area contributed by atoms with Crippen LogP contribution < -0.4 is 4.74 Å². The highest BCUT2D eigenvalue weighted by molar-refractivity contribution is 6.34. The molecule has 0 unspecified atom stereocenters. The minimum absolute atomic E-state index is 0.418. The molecule has 0 bridgehead atoms. The number of rotatable bonds is 7. The maximum atomic E-state index is 6.08. The lowest BCUT2D eigenvalue weighted by atomic mass is 10.1. The summed E-state index contributed by atoms with van der Waals surface area (Å²) in [6.07, 6.45) is 2.62. The molecular formula is C17H25Cl2NO2. The molecule has 0 radical (unpaired) electrons. The molecule has 0 N–H and O–H groups in total. The zero-order valence-corrected chi connectivity index (χ0v) is 14.9. The van der Waals surface area contributed by atoms with Gasteiger partial charge in [-0.3, -0.25) is 4.90 Å². The van der Waals surface area contributed by atoms with Gasteiger partial charge in [0.15, 0.2) is 0 Å². The summed E-state index contributed by atoms with van der Waals surface area (Å²) in [7, 11) is 0. The summed E-state index contributed by atoms with van der Waals surface area (Å²) < 4.78 is 11.6. The fraction of sp³-hybridized carbons (Fsp3) is 0.647. The van der Waals surface area contributed by atoms with E-state index in [-0.39, 0.29) is 0 Å². The molecule has 22 heavy (non-hydrogen) atoms. The lowest BCUT2D eigenvalue weighted by Crippen LogP contribution is -2.39. The first-order chi connectivity index (χ1) is 10.5. The van der Waals surface area contributed by atoms with Gasteiger partial charge in [0.1, 0.15) is 12.4 Å². The van der Waals surface area contributed by atoms with Crippen LogP contribution in [0.3, 0.4) is 0 Å². The fourth-order valence-corrected chi connectivity index (χ4v) is 2.83.